The van der Waals surface area contributed by atoms with Crippen LogP contribution in [0.1, 0.15) is 19.4 Å². The molecule has 0 saturated carbocycles. The van der Waals surface area contributed by atoms with Crippen LogP contribution in [0.25, 0.3) is 0 Å². The summed E-state index contributed by atoms with van der Waals surface area (Å²) in [7, 11) is 0. The zero-order valence-electron chi connectivity index (χ0n) is 7.68. The first-order valence-corrected chi connectivity index (χ1v) is 12.8. The van der Waals surface area contributed by atoms with Gasteiger partial charge in [0.15, 0.2) is 0 Å². The molecule has 0 aliphatic heterocycles. The van der Waals surface area contributed by atoms with E-state index in [1.54, 1.807) is 0 Å². The third-order valence-electron chi connectivity index (χ3n) is 1.56. The van der Waals surface area contributed by atoms with Crippen LogP contribution in [0.2, 0.25) is 0 Å². The summed E-state index contributed by atoms with van der Waals surface area (Å²) in [5.41, 5.74) is 1.33. The summed E-state index contributed by atoms with van der Waals surface area (Å²) in [6, 6.07) is 10.3. The summed E-state index contributed by atoms with van der Waals surface area (Å²) >= 11 is 3.62. The Morgan fingerprint density at radius 2 is 1.58 bits per heavy atom. The molecular weight excluding hydrogens is 312 g/mol. The molecule has 1 aromatic rings. The van der Waals surface area contributed by atoms with Gasteiger partial charge in [0, 0.05) is 0 Å². The minimum absolute atomic E-state index is 0.0429. The molecule has 0 unspecified atom stereocenters. The third kappa shape index (κ3) is 4.56. The molecule has 1 aromatic carbocycles. The molecule has 0 fully saturated rings. The molecule has 0 aliphatic rings. The first-order valence-electron chi connectivity index (χ1n) is 3.78. The average molecular weight is 326 g/mol. The van der Waals surface area contributed by atoms with Gasteiger partial charge in [-0.15, -0.1) is 5.41 Å². The van der Waals surface area contributed by atoms with E-state index >= 15 is 0 Å². The average Bonchev–Trinajstić information content (AvgIpc) is 2.08. The van der Waals surface area contributed by atoms with E-state index in [0.29, 0.717) is 0 Å². The summed E-state index contributed by atoms with van der Waals surface area (Å²) in [6.07, 6.45) is 0. The Kier molecular flexibility index (Phi) is 6.38. The van der Waals surface area contributed by atoms with Crippen molar-refractivity contribution in [2.24, 2.45) is 0 Å². The van der Waals surface area contributed by atoms with Crippen LogP contribution in [0.4, 0.5) is 0 Å². The standard InChI is InChI=1S/C10H13.HI.Zn/c1-10(2,3)9-7-5-4-6-8-9;;/h4-8H,1H2,2-3H3;1H;/q-1;;+2/p-1. The maximum atomic E-state index is 4.04. The topological polar surface area (TPSA) is 0 Å². The van der Waals surface area contributed by atoms with Crippen molar-refractivity contribution in [2.75, 3.05) is 0 Å². The molecule has 0 aliphatic carbocycles. The number of rotatable bonds is 1. The van der Waals surface area contributed by atoms with Gasteiger partial charge >= 0.3 is 34.5 Å². The molecule has 0 radical (unpaired) electrons. The van der Waals surface area contributed by atoms with Crippen LogP contribution in [0.5, 0.6) is 0 Å². The molecule has 0 nitrogen and oxygen atoms in total. The molecule has 0 heterocycles. The van der Waals surface area contributed by atoms with E-state index < -0.39 is 0 Å². The summed E-state index contributed by atoms with van der Waals surface area (Å²) in [5.74, 6) is 0. The molecule has 62 valence electrons. The summed E-state index contributed by atoms with van der Waals surface area (Å²) in [6.45, 7) is 8.27. The second-order valence-corrected chi connectivity index (χ2v) is 3.25. The number of halogens is 1. The zero-order valence-corrected chi connectivity index (χ0v) is 12.8. The van der Waals surface area contributed by atoms with E-state index in [4.69, 9.17) is 0 Å². The van der Waals surface area contributed by atoms with Crippen molar-refractivity contribution in [1.29, 1.82) is 0 Å². The van der Waals surface area contributed by atoms with Crippen LogP contribution in [0.15, 0.2) is 30.3 Å². The van der Waals surface area contributed by atoms with Crippen molar-refractivity contribution >= 4 is 19.8 Å². The predicted molar refractivity (Wildman–Crippen MR) is 58.8 cm³/mol. The van der Waals surface area contributed by atoms with Gasteiger partial charge in [-0.1, -0.05) is 49.7 Å². The van der Waals surface area contributed by atoms with E-state index in [1.807, 2.05) is 18.2 Å². The SMILES string of the molecule is [CH2-]C(C)(C)c1ccccc1.[Zn+][I]. The molecule has 0 amide bonds. The molecular formula is C10H13IZn. The van der Waals surface area contributed by atoms with E-state index in [9.17, 15) is 0 Å². The van der Waals surface area contributed by atoms with Gasteiger partial charge in [-0.2, -0.15) is 0 Å². The second kappa shape index (κ2) is 6.09. The zero-order chi connectivity index (χ0) is 9.61. The van der Waals surface area contributed by atoms with Gasteiger partial charge in [0.05, 0.1) is 0 Å². The predicted octanol–water partition coefficient (Wildman–Crippen LogP) is 3.68. The van der Waals surface area contributed by atoms with Crippen LogP contribution < -0.4 is 0 Å². The van der Waals surface area contributed by atoms with Gasteiger partial charge in [0.2, 0.25) is 0 Å². The summed E-state index contributed by atoms with van der Waals surface area (Å²) in [4.78, 5) is 0. The molecule has 0 atom stereocenters. The van der Waals surface area contributed by atoms with Crippen LogP contribution in [0, 0.1) is 6.92 Å². The summed E-state index contributed by atoms with van der Waals surface area (Å²) < 4.78 is 0. The number of hydrogen-bond acceptors (Lipinski definition) is 0. The normalized spacial score (nSPS) is 10.2. The Morgan fingerprint density at radius 1 is 1.17 bits per heavy atom. The van der Waals surface area contributed by atoms with Crippen molar-refractivity contribution in [1.82, 2.24) is 0 Å². The Hall–Kier alpha value is 0.573. The van der Waals surface area contributed by atoms with Gasteiger partial charge in [-0.25, -0.2) is 0 Å². The monoisotopic (exact) mass is 324 g/mol. The molecule has 2 heteroatoms. The first kappa shape index (κ1) is 12.6. The molecule has 0 bridgehead atoms. The molecule has 0 N–H and O–H groups in total. The van der Waals surface area contributed by atoms with Crippen molar-refractivity contribution in [3.8, 4) is 0 Å². The maximum absolute atomic E-state index is 4.04. The second-order valence-electron chi connectivity index (χ2n) is 3.25. The van der Waals surface area contributed by atoms with Gasteiger partial charge in [0.1, 0.15) is 0 Å². The third-order valence-corrected chi connectivity index (χ3v) is 1.56. The Morgan fingerprint density at radius 3 is 1.83 bits per heavy atom. The van der Waals surface area contributed by atoms with Crippen LogP contribution >= 0.6 is 19.8 Å². The fraction of sp³-hybridized carbons (Fsp3) is 0.300. The van der Waals surface area contributed by atoms with Crippen molar-refractivity contribution in [3.63, 3.8) is 0 Å². The number of benzene rings is 1. The van der Waals surface area contributed by atoms with E-state index in [-0.39, 0.29) is 5.41 Å². The van der Waals surface area contributed by atoms with Crippen molar-refractivity contribution in [2.45, 2.75) is 19.3 Å². The Bertz CT molecular complexity index is 201. The summed E-state index contributed by atoms with van der Waals surface area (Å²) in [5, 5.41) is 0. The Labute approximate surface area is 96.0 Å². The van der Waals surface area contributed by atoms with Crippen LogP contribution in [-0.2, 0) is 20.2 Å². The van der Waals surface area contributed by atoms with E-state index in [2.05, 4.69) is 52.7 Å². The molecule has 12 heavy (non-hydrogen) atoms. The van der Waals surface area contributed by atoms with Gasteiger partial charge in [0.25, 0.3) is 0 Å². The quantitative estimate of drug-likeness (QED) is 0.420. The van der Waals surface area contributed by atoms with Gasteiger partial charge in [-0.3, -0.25) is 0 Å². The fourth-order valence-electron chi connectivity index (χ4n) is 0.889. The molecule has 1 rings (SSSR count). The van der Waals surface area contributed by atoms with Crippen LogP contribution in [0.3, 0.4) is 0 Å². The van der Waals surface area contributed by atoms with E-state index in [1.165, 1.54) is 20.4 Å². The molecule has 0 aromatic heterocycles. The Balaban J connectivity index is 0.000000561. The van der Waals surface area contributed by atoms with Crippen molar-refractivity contribution < 1.29 is 14.8 Å². The fourth-order valence-corrected chi connectivity index (χ4v) is 0.889. The molecule has 0 spiro atoms. The van der Waals surface area contributed by atoms with Crippen molar-refractivity contribution in [3.05, 3.63) is 42.8 Å². The number of hydrogen-bond donors (Lipinski definition) is 0. The van der Waals surface area contributed by atoms with Gasteiger partial charge in [-0.05, 0) is 0 Å². The minimum atomic E-state index is 0.0429. The van der Waals surface area contributed by atoms with Crippen LogP contribution in [-0.4, -0.2) is 0 Å². The van der Waals surface area contributed by atoms with Gasteiger partial charge < -0.3 is 6.92 Å². The van der Waals surface area contributed by atoms with E-state index in [0.717, 1.165) is 0 Å². The molecule has 0 saturated heterocycles. The first-order chi connectivity index (χ1) is 5.61.